The van der Waals surface area contributed by atoms with Gasteiger partial charge in [0.1, 0.15) is 17.5 Å². The number of ketones is 1. The number of aromatic nitrogens is 4. The van der Waals surface area contributed by atoms with Gasteiger partial charge in [0, 0.05) is 11.1 Å². The molecule has 0 bridgehead atoms. The van der Waals surface area contributed by atoms with Crippen molar-refractivity contribution in [3.05, 3.63) is 119 Å². The number of nitriles is 1. The lowest BCUT2D eigenvalue weighted by molar-refractivity contribution is 0.102. The molecule has 0 saturated carbocycles. The molecule has 8 heteroatoms. The average molecular weight is 485 g/mol. The molecule has 0 radical (unpaired) electrons. The Morgan fingerprint density at radius 1 is 0.892 bits per heavy atom. The van der Waals surface area contributed by atoms with E-state index in [1.165, 1.54) is 17.9 Å². The van der Waals surface area contributed by atoms with E-state index in [0.29, 0.717) is 16.9 Å². The van der Waals surface area contributed by atoms with Crippen molar-refractivity contribution in [3.8, 4) is 40.0 Å². The van der Waals surface area contributed by atoms with Crippen LogP contribution in [0.2, 0.25) is 0 Å². The van der Waals surface area contributed by atoms with Crippen molar-refractivity contribution in [2.75, 3.05) is 7.11 Å². The van der Waals surface area contributed by atoms with Gasteiger partial charge in [0.05, 0.1) is 23.9 Å². The van der Waals surface area contributed by atoms with Gasteiger partial charge in [-0.15, -0.1) is 10.2 Å². The standard InChI is InChI=1S/C29H20N6O2/c1-37-29-25(24(19-11-5-2-6-12-19)26(32-33-29)20-13-7-3-8-14-20)27(36)23-17-21(18-30)28(31)35(34-23)22-15-9-4-10-16-22/h2-17,31H,1H3. The van der Waals surface area contributed by atoms with Gasteiger partial charge in [0.25, 0.3) is 0 Å². The number of ether oxygens (including phenoxy) is 1. The lowest BCUT2D eigenvalue weighted by atomic mass is 9.92. The fraction of sp³-hybridized carbons (Fsp3) is 0.0345. The molecule has 5 aromatic rings. The van der Waals surface area contributed by atoms with Crippen LogP contribution in [0.25, 0.3) is 28.1 Å². The molecule has 0 fully saturated rings. The Kier molecular flexibility index (Phi) is 6.34. The summed E-state index contributed by atoms with van der Waals surface area (Å²) in [6.07, 6.45) is 0. The molecule has 37 heavy (non-hydrogen) atoms. The van der Waals surface area contributed by atoms with E-state index in [1.807, 2.05) is 72.8 Å². The normalized spacial score (nSPS) is 10.5. The first kappa shape index (κ1) is 23.3. The van der Waals surface area contributed by atoms with E-state index in [0.717, 1.165) is 11.1 Å². The second-order valence-corrected chi connectivity index (χ2v) is 8.02. The van der Waals surface area contributed by atoms with Gasteiger partial charge < -0.3 is 4.74 Å². The minimum absolute atomic E-state index is 0.00716. The van der Waals surface area contributed by atoms with E-state index >= 15 is 0 Å². The lowest BCUT2D eigenvalue weighted by Crippen LogP contribution is -2.27. The number of hydrogen-bond donors (Lipinski definition) is 1. The summed E-state index contributed by atoms with van der Waals surface area (Å²) in [5.74, 6) is -0.478. The third kappa shape index (κ3) is 4.37. The maximum absolute atomic E-state index is 14.2. The van der Waals surface area contributed by atoms with Crippen LogP contribution in [-0.4, -0.2) is 32.9 Å². The fourth-order valence-corrected chi connectivity index (χ4v) is 4.04. The number of carbonyl (C=O) groups is 1. The molecule has 178 valence electrons. The highest BCUT2D eigenvalue weighted by Gasteiger charge is 2.28. The summed E-state index contributed by atoms with van der Waals surface area (Å²) >= 11 is 0. The summed E-state index contributed by atoms with van der Waals surface area (Å²) in [5, 5.41) is 31.3. The second-order valence-electron chi connectivity index (χ2n) is 8.02. The predicted octanol–water partition coefficient (Wildman–Crippen LogP) is 4.59. The first-order chi connectivity index (χ1) is 18.1. The van der Waals surface area contributed by atoms with E-state index < -0.39 is 5.78 Å². The van der Waals surface area contributed by atoms with Crippen molar-refractivity contribution >= 4 is 5.78 Å². The van der Waals surface area contributed by atoms with Crippen LogP contribution in [-0.2, 0) is 0 Å². The van der Waals surface area contributed by atoms with E-state index in [-0.39, 0.29) is 28.2 Å². The largest absolute Gasteiger partial charge is 0.479 e. The van der Waals surface area contributed by atoms with Crippen LogP contribution in [0.1, 0.15) is 21.6 Å². The molecule has 5 rings (SSSR count). The highest BCUT2D eigenvalue weighted by atomic mass is 16.5. The minimum atomic E-state index is -0.510. The van der Waals surface area contributed by atoms with Crippen molar-refractivity contribution in [3.63, 3.8) is 0 Å². The van der Waals surface area contributed by atoms with Crippen molar-refractivity contribution in [2.45, 2.75) is 0 Å². The first-order valence-corrected chi connectivity index (χ1v) is 11.4. The maximum Gasteiger partial charge on any atom is 0.245 e. The van der Waals surface area contributed by atoms with E-state index in [2.05, 4.69) is 15.3 Å². The molecule has 2 aromatic heterocycles. The number of methoxy groups -OCH3 is 1. The van der Waals surface area contributed by atoms with Crippen molar-refractivity contribution in [1.29, 1.82) is 10.7 Å². The van der Waals surface area contributed by atoms with Gasteiger partial charge in [-0.05, 0) is 23.8 Å². The Labute approximate surface area is 212 Å². The zero-order valence-corrected chi connectivity index (χ0v) is 19.8. The monoisotopic (exact) mass is 484 g/mol. The van der Waals surface area contributed by atoms with Gasteiger partial charge in [-0.2, -0.15) is 10.4 Å². The minimum Gasteiger partial charge on any atom is -0.479 e. The van der Waals surface area contributed by atoms with Crippen LogP contribution in [0.5, 0.6) is 5.88 Å². The fourth-order valence-electron chi connectivity index (χ4n) is 4.04. The molecule has 0 unspecified atom stereocenters. The Morgan fingerprint density at radius 2 is 1.49 bits per heavy atom. The molecule has 3 aromatic carbocycles. The molecule has 1 N–H and O–H groups in total. The van der Waals surface area contributed by atoms with Crippen LogP contribution in [0, 0.1) is 16.7 Å². The summed E-state index contributed by atoms with van der Waals surface area (Å²) < 4.78 is 6.78. The number of rotatable bonds is 6. The summed E-state index contributed by atoms with van der Waals surface area (Å²) in [7, 11) is 1.42. The van der Waals surface area contributed by atoms with Gasteiger partial charge in [-0.3, -0.25) is 10.2 Å². The lowest BCUT2D eigenvalue weighted by Gasteiger charge is -2.16. The smallest absolute Gasteiger partial charge is 0.245 e. The van der Waals surface area contributed by atoms with Gasteiger partial charge in [-0.1, -0.05) is 78.9 Å². The summed E-state index contributed by atoms with van der Waals surface area (Å²) in [6.45, 7) is 0. The zero-order valence-electron chi connectivity index (χ0n) is 19.8. The molecule has 0 amide bonds. The van der Waals surface area contributed by atoms with Crippen LogP contribution in [0.3, 0.4) is 0 Å². The van der Waals surface area contributed by atoms with Crippen LogP contribution in [0.4, 0.5) is 0 Å². The number of nitrogens with zero attached hydrogens (tertiary/aromatic N) is 5. The molecule has 0 spiro atoms. The molecular formula is C29H20N6O2. The number of nitrogens with one attached hydrogen (secondary N) is 1. The van der Waals surface area contributed by atoms with E-state index in [1.54, 1.807) is 24.3 Å². The Bertz CT molecular complexity index is 1690. The predicted molar refractivity (Wildman–Crippen MR) is 137 cm³/mol. The highest BCUT2D eigenvalue weighted by molar-refractivity contribution is 6.15. The van der Waals surface area contributed by atoms with Gasteiger partial charge in [0.2, 0.25) is 11.7 Å². The molecule has 0 aliphatic rings. The molecular weight excluding hydrogens is 464 g/mol. The summed E-state index contributed by atoms with van der Waals surface area (Å²) in [5.41, 5.74) is 3.12. The Balaban J connectivity index is 1.80. The van der Waals surface area contributed by atoms with E-state index in [4.69, 9.17) is 10.1 Å². The first-order valence-electron chi connectivity index (χ1n) is 11.4. The van der Waals surface area contributed by atoms with Crippen LogP contribution >= 0.6 is 0 Å². The molecule has 2 heterocycles. The van der Waals surface area contributed by atoms with Crippen LogP contribution in [0.15, 0.2) is 97.1 Å². The topological polar surface area (TPSA) is 118 Å². The molecule has 0 aliphatic carbocycles. The third-order valence-electron chi connectivity index (χ3n) is 5.78. The molecule has 8 nitrogen and oxygen atoms in total. The van der Waals surface area contributed by atoms with Gasteiger partial charge >= 0.3 is 0 Å². The van der Waals surface area contributed by atoms with Crippen LogP contribution < -0.4 is 10.2 Å². The maximum atomic E-state index is 14.2. The average Bonchev–Trinajstić information content (AvgIpc) is 2.97. The Morgan fingerprint density at radius 3 is 2.08 bits per heavy atom. The highest BCUT2D eigenvalue weighted by Crippen LogP contribution is 2.37. The number of para-hydroxylation sites is 1. The van der Waals surface area contributed by atoms with Gasteiger partial charge in [0.15, 0.2) is 5.49 Å². The SMILES string of the molecule is COc1nnc(-c2ccccc2)c(-c2ccccc2)c1C(=O)c1cc(C#N)c(=N)n(-c2ccccc2)n1. The Hall–Kier alpha value is -5.42. The second kappa shape index (κ2) is 10.1. The molecule has 0 atom stereocenters. The quantitative estimate of drug-likeness (QED) is 0.352. The van der Waals surface area contributed by atoms with Crippen molar-refractivity contribution in [2.24, 2.45) is 0 Å². The third-order valence-corrected chi connectivity index (χ3v) is 5.78. The zero-order chi connectivity index (χ0) is 25.8. The summed E-state index contributed by atoms with van der Waals surface area (Å²) in [4.78, 5) is 14.2. The molecule has 0 aliphatic heterocycles. The number of carbonyl (C=O) groups excluding carboxylic acids is 1. The van der Waals surface area contributed by atoms with Gasteiger partial charge in [-0.25, -0.2) is 4.68 Å². The molecule has 0 saturated heterocycles. The number of hydrogen-bond acceptors (Lipinski definition) is 7. The van der Waals surface area contributed by atoms with E-state index in [9.17, 15) is 10.1 Å². The van der Waals surface area contributed by atoms with Crippen molar-refractivity contribution < 1.29 is 9.53 Å². The van der Waals surface area contributed by atoms with Crippen molar-refractivity contribution in [1.82, 2.24) is 20.0 Å². The number of benzene rings is 3. The summed E-state index contributed by atoms with van der Waals surface area (Å²) in [6, 6.07) is 31.1.